The van der Waals surface area contributed by atoms with Crippen LogP contribution in [0.2, 0.25) is 0 Å². The molecule has 0 bridgehead atoms. The van der Waals surface area contributed by atoms with E-state index in [1.807, 2.05) is 0 Å². The van der Waals surface area contributed by atoms with Crippen molar-refractivity contribution >= 4 is 5.91 Å². The van der Waals surface area contributed by atoms with E-state index in [4.69, 9.17) is 8.94 Å². The van der Waals surface area contributed by atoms with Crippen LogP contribution < -0.4 is 5.32 Å². The van der Waals surface area contributed by atoms with Gasteiger partial charge in [-0.2, -0.15) is 4.98 Å². The number of nitrogens with one attached hydrogen (secondary N) is 1. The summed E-state index contributed by atoms with van der Waals surface area (Å²) in [5, 5.41) is 10.0. The van der Waals surface area contributed by atoms with Gasteiger partial charge in [0, 0.05) is 6.07 Å². The third-order valence-electron chi connectivity index (χ3n) is 2.62. The molecule has 0 saturated carbocycles. The van der Waals surface area contributed by atoms with Crippen LogP contribution in [0.3, 0.4) is 0 Å². The lowest BCUT2D eigenvalue weighted by atomic mass is 10.2. The van der Waals surface area contributed by atoms with E-state index in [0.29, 0.717) is 17.3 Å². The van der Waals surface area contributed by atoms with Crippen molar-refractivity contribution in [2.24, 2.45) is 0 Å². The lowest BCUT2D eigenvalue weighted by Gasteiger charge is -2.07. The number of nitrogens with zero attached hydrogens (tertiary/aromatic N) is 3. The molecule has 0 radical (unpaired) electrons. The number of rotatable bonds is 4. The minimum Gasteiger partial charge on any atom is -0.461 e. The molecule has 3 aromatic heterocycles. The van der Waals surface area contributed by atoms with Crippen molar-refractivity contribution in [3.63, 3.8) is 0 Å². The summed E-state index contributed by atoms with van der Waals surface area (Å²) in [6.45, 7) is 1.73. The molecule has 1 amide bonds. The number of carbonyl (C=O) groups is 1. The molecule has 3 rings (SSSR count). The lowest BCUT2D eigenvalue weighted by Crippen LogP contribution is -2.27. The van der Waals surface area contributed by atoms with Crippen LogP contribution in [0.5, 0.6) is 0 Å². The first-order valence-corrected chi connectivity index (χ1v) is 5.82. The van der Waals surface area contributed by atoms with Gasteiger partial charge >= 0.3 is 0 Å². The molecule has 8 heteroatoms. The Bertz CT molecular complexity index is 687. The molecule has 0 fully saturated rings. The summed E-state index contributed by atoms with van der Waals surface area (Å²) >= 11 is 0. The molecule has 0 aliphatic rings. The zero-order chi connectivity index (χ0) is 13.9. The molecular weight excluding hydrogens is 264 g/mol. The number of hydrogen-bond acceptors (Lipinski definition) is 7. The molecule has 8 nitrogen and oxygen atoms in total. The fourth-order valence-corrected chi connectivity index (χ4v) is 1.62. The van der Waals surface area contributed by atoms with Gasteiger partial charge in [-0.3, -0.25) is 4.79 Å². The maximum atomic E-state index is 12.0. The summed E-state index contributed by atoms with van der Waals surface area (Å²) < 4.78 is 14.8. The molecule has 1 N–H and O–H groups in total. The van der Waals surface area contributed by atoms with E-state index in [1.54, 1.807) is 19.1 Å². The van der Waals surface area contributed by atoms with Crippen LogP contribution in [-0.2, 0) is 0 Å². The third kappa shape index (κ3) is 2.30. The predicted octanol–water partition coefficient (Wildman–Crippen LogP) is 1.81. The molecule has 3 heterocycles. The minimum atomic E-state index is -0.399. The van der Waals surface area contributed by atoms with E-state index in [1.165, 1.54) is 18.7 Å². The Hall–Kier alpha value is -2.90. The second-order valence-electron chi connectivity index (χ2n) is 4.04. The van der Waals surface area contributed by atoms with Gasteiger partial charge in [-0.15, -0.1) is 0 Å². The van der Waals surface area contributed by atoms with Gasteiger partial charge in [-0.25, -0.2) is 0 Å². The van der Waals surface area contributed by atoms with Crippen molar-refractivity contribution in [3.05, 3.63) is 42.4 Å². The van der Waals surface area contributed by atoms with Gasteiger partial charge < -0.3 is 18.8 Å². The Labute approximate surface area is 112 Å². The number of hydrogen-bond donors (Lipinski definition) is 1. The zero-order valence-corrected chi connectivity index (χ0v) is 10.4. The fourth-order valence-electron chi connectivity index (χ4n) is 1.62. The highest BCUT2D eigenvalue weighted by atomic mass is 16.5. The van der Waals surface area contributed by atoms with E-state index in [-0.39, 0.29) is 5.69 Å². The van der Waals surface area contributed by atoms with Crippen molar-refractivity contribution in [2.45, 2.75) is 13.0 Å². The Kier molecular flexibility index (Phi) is 3.04. The van der Waals surface area contributed by atoms with Crippen molar-refractivity contribution in [1.29, 1.82) is 0 Å². The number of furan rings is 1. The molecule has 3 aromatic rings. The van der Waals surface area contributed by atoms with Gasteiger partial charge in [-0.05, 0) is 19.1 Å². The average molecular weight is 274 g/mol. The Morgan fingerprint density at radius 1 is 1.35 bits per heavy atom. The SMILES string of the molecule is C[C@H](NC(=O)c1cc(-c2ccco2)on1)c1ncon1. The Balaban J connectivity index is 1.72. The molecular formula is C12H10N4O4. The number of aromatic nitrogens is 3. The van der Waals surface area contributed by atoms with E-state index in [2.05, 4.69) is 25.1 Å². The van der Waals surface area contributed by atoms with Gasteiger partial charge in [0.2, 0.25) is 12.2 Å². The van der Waals surface area contributed by atoms with Crippen LogP contribution >= 0.6 is 0 Å². The van der Waals surface area contributed by atoms with Crippen LogP contribution in [0, 0.1) is 0 Å². The standard InChI is InChI=1S/C12H10N4O4/c1-7(11-13-6-19-16-11)14-12(17)8-5-10(20-15-8)9-3-2-4-18-9/h2-7H,1H3,(H,14,17)/t7-/m0/s1. The van der Waals surface area contributed by atoms with Gasteiger partial charge in [0.25, 0.3) is 5.91 Å². The highest BCUT2D eigenvalue weighted by Gasteiger charge is 2.19. The van der Waals surface area contributed by atoms with E-state index < -0.39 is 11.9 Å². The van der Waals surface area contributed by atoms with Gasteiger partial charge in [0.1, 0.15) is 0 Å². The minimum absolute atomic E-state index is 0.145. The topological polar surface area (TPSA) is 107 Å². The summed E-state index contributed by atoms with van der Waals surface area (Å²) in [5.74, 6) is 0.868. The lowest BCUT2D eigenvalue weighted by molar-refractivity contribution is 0.0928. The smallest absolute Gasteiger partial charge is 0.274 e. The van der Waals surface area contributed by atoms with Crippen LogP contribution in [0.1, 0.15) is 29.3 Å². The number of carbonyl (C=O) groups excluding carboxylic acids is 1. The Morgan fingerprint density at radius 2 is 2.25 bits per heavy atom. The predicted molar refractivity (Wildman–Crippen MR) is 64.4 cm³/mol. The summed E-state index contributed by atoms with van der Waals surface area (Å²) in [5.41, 5.74) is 0.145. The zero-order valence-electron chi connectivity index (χ0n) is 10.4. The van der Waals surface area contributed by atoms with Crippen LogP contribution in [-0.4, -0.2) is 21.2 Å². The van der Waals surface area contributed by atoms with Gasteiger partial charge in [-0.1, -0.05) is 10.3 Å². The molecule has 0 saturated heterocycles. The molecule has 102 valence electrons. The van der Waals surface area contributed by atoms with Crippen molar-refractivity contribution < 1.29 is 18.3 Å². The fraction of sp³-hybridized carbons (Fsp3) is 0.167. The number of amides is 1. The molecule has 0 aliphatic carbocycles. The van der Waals surface area contributed by atoms with Crippen LogP contribution in [0.4, 0.5) is 0 Å². The maximum Gasteiger partial charge on any atom is 0.274 e. The van der Waals surface area contributed by atoms with E-state index >= 15 is 0 Å². The average Bonchev–Trinajstić information content (AvgIpc) is 3.19. The summed E-state index contributed by atoms with van der Waals surface area (Å²) in [4.78, 5) is 15.8. The molecule has 0 aromatic carbocycles. The van der Waals surface area contributed by atoms with Crippen molar-refractivity contribution in [2.75, 3.05) is 0 Å². The van der Waals surface area contributed by atoms with Crippen molar-refractivity contribution in [3.8, 4) is 11.5 Å². The largest absolute Gasteiger partial charge is 0.461 e. The third-order valence-corrected chi connectivity index (χ3v) is 2.62. The van der Waals surface area contributed by atoms with E-state index in [9.17, 15) is 4.79 Å². The maximum absolute atomic E-state index is 12.0. The van der Waals surface area contributed by atoms with Crippen LogP contribution in [0.15, 0.2) is 44.3 Å². The normalized spacial score (nSPS) is 12.2. The highest BCUT2D eigenvalue weighted by Crippen LogP contribution is 2.20. The monoisotopic (exact) mass is 274 g/mol. The highest BCUT2D eigenvalue weighted by molar-refractivity contribution is 5.93. The Morgan fingerprint density at radius 3 is 2.95 bits per heavy atom. The summed E-state index contributed by atoms with van der Waals surface area (Å²) in [7, 11) is 0. The summed E-state index contributed by atoms with van der Waals surface area (Å²) in [6.07, 6.45) is 2.71. The van der Waals surface area contributed by atoms with Crippen LogP contribution in [0.25, 0.3) is 11.5 Å². The molecule has 0 unspecified atom stereocenters. The second kappa shape index (κ2) is 5.00. The second-order valence-corrected chi connectivity index (χ2v) is 4.04. The first-order valence-electron chi connectivity index (χ1n) is 5.82. The first kappa shape index (κ1) is 12.2. The molecule has 0 aliphatic heterocycles. The summed E-state index contributed by atoms with van der Waals surface area (Å²) in [6, 6.07) is 4.53. The van der Waals surface area contributed by atoms with Gasteiger partial charge in [0.15, 0.2) is 17.3 Å². The quantitative estimate of drug-likeness (QED) is 0.772. The first-order chi connectivity index (χ1) is 9.74. The molecule has 20 heavy (non-hydrogen) atoms. The molecule has 1 atom stereocenters. The molecule has 0 spiro atoms. The van der Waals surface area contributed by atoms with Crippen molar-refractivity contribution in [1.82, 2.24) is 20.6 Å². The van der Waals surface area contributed by atoms with E-state index in [0.717, 1.165) is 0 Å². The van der Waals surface area contributed by atoms with Gasteiger partial charge in [0.05, 0.1) is 12.3 Å².